The Labute approximate surface area is 73.9 Å². The van der Waals surface area contributed by atoms with Gasteiger partial charge in [-0.3, -0.25) is 0 Å². The van der Waals surface area contributed by atoms with Gasteiger partial charge in [0.25, 0.3) is 0 Å². The van der Waals surface area contributed by atoms with Crippen molar-refractivity contribution in [2.24, 2.45) is 11.8 Å². The van der Waals surface area contributed by atoms with Crippen LogP contribution in [0.25, 0.3) is 0 Å². The highest BCUT2D eigenvalue weighted by Gasteiger charge is 2.52. The largest absolute Gasteiger partial charge is 0.374 e. The molecule has 3 aliphatic heterocycles. The van der Waals surface area contributed by atoms with Crippen molar-refractivity contribution in [2.45, 2.75) is 32.0 Å². The van der Waals surface area contributed by atoms with Crippen LogP contribution in [0.4, 0.5) is 0 Å². The van der Waals surface area contributed by atoms with Crippen LogP contribution >= 0.6 is 0 Å². The van der Waals surface area contributed by atoms with Crippen LogP contribution in [0.2, 0.25) is 0 Å². The lowest BCUT2D eigenvalue weighted by molar-refractivity contribution is 0.0713. The average molecular weight is 167 g/mol. The summed E-state index contributed by atoms with van der Waals surface area (Å²) in [5.41, 5.74) is 0. The highest BCUT2D eigenvalue weighted by molar-refractivity contribution is 5.02. The topological polar surface area (TPSA) is 12.5 Å². The van der Waals surface area contributed by atoms with Gasteiger partial charge in [-0.1, -0.05) is 6.92 Å². The van der Waals surface area contributed by atoms with E-state index in [1.807, 2.05) is 0 Å². The zero-order valence-corrected chi connectivity index (χ0v) is 7.70. The molecule has 3 fully saturated rings. The van der Waals surface area contributed by atoms with Crippen LogP contribution in [-0.2, 0) is 4.74 Å². The molecule has 68 valence electrons. The van der Waals surface area contributed by atoms with Gasteiger partial charge in [-0.15, -0.1) is 0 Å². The lowest BCUT2D eigenvalue weighted by atomic mass is 9.82. The molecule has 0 aromatic heterocycles. The molecular weight excluding hydrogens is 150 g/mol. The van der Waals surface area contributed by atoms with Crippen molar-refractivity contribution in [1.82, 2.24) is 4.90 Å². The molecule has 0 saturated carbocycles. The Morgan fingerprint density at radius 1 is 1.17 bits per heavy atom. The van der Waals surface area contributed by atoms with Gasteiger partial charge in [0.1, 0.15) is 0 Å². The number of hydrogen-bond acceptors (Lipinski definition) is 2. The fraction of sp³-hybridized carbons (Fsp3) is 1.00. The number of rotatable bonds is 1. The summed E-state index contributed by atoms with van der Waals surface area (Å²) in [5.74, 6) is 1.78. The van der Waals surface area contributed by atoms with Crippen molar-refractivity contribution < 1.29 is 4.74 Å². The van der Waals surface area contributed by atoms with Crippen molar-refractivity contribution in [1.29, 1.82) is 0 Å². The van der Waals surface area contributed by atoms with Crippen LogP contribution in [-0.4, -0.2) is 36.7 Å². The molecule has 0 aromatic rings. The van der Waals surface area contributed by atoms with Crippen LogP contribution in [0.5, 0.6) is 0 Å². The second-order valence-corrected chi connectivity index (χ2v) is 4.47. The molecule has 0 N–H and O–H groups in total. The summed E-state index contributed by atoms with van der Waals surface area (Å²) in [6.45, 7) is 6.11. The third kappa shape index (κ3) is 0.826. The molecule has 12 heavy (non-hydrogen) atoms. The molecule has 2 heteroatoms. The number of ether oxygens (including phenoxy) is 1. The molecule has 3 saturated heterocycles. The average Bonchev–Trinajstić information content (AvgIpc) is 2.75. The Hall–Kier alpha value is -0.0800. The Bertz CT molecular complexity index is 176. The summed E-state index contributed by atoms with van der Waals surface area (Å²) in [6, 6.07) is 0. The van der Waals surface area contributed by atoms with Gasteiger partial charge in [0.05, 0.1) is 12.2 Å². The Balaban J connectivity index is 1.78. The summed E-state index contributed by atoms with van der Waals surface area (Å²) in [6.07, 6.45) is 3.94. The van der Waals surface area contributed by atoms with Crippen LogP contribution < -0.4 is 0 Å². The Morgan fingerprint density at radius 3 is 2.25 bits per heavy atom. The van der Waals surface area contributed by atoms with Crippen LogP contribution in [0, 0.1) is 11.8 Å². The molecule has 2 nitrogen and oxygen atoms in total. The summed E-state index contributed by atoms with van der Waals surface area (Å²) < 4.78 is 5.91. The van der Waals surface area contributed by atoms with Gasteiger partial charge in [0, 0.05) is 24.9 Å². The van der Waals surface area contributed by atoms with E-state index in [0.29, 0.717) is 12.2 Å². The smallest absolute Gasteiger partial charge is 0.0624 e. The van der Waals surface area contributed by atoms with Crippen LogP contribution in [0.1, 0.15) is 19.8 Å². The first-order valence-electron chi connectivity index (χ1n) is 5.26. The SMILES string of the molecule is CCN1CC2C3CCC(O3)C2C1. The van der Waals surface area contributed by atoms with Crippen LogP contribution in [0.3, 0.4) is 0 Å². The highest BCUT2D eigenvalue weighted by atomic mass is 16.5. The van der Waals surface area contributed by atoms with Crippen molar-refractivity contribution in [3.05, 3.63) is 0 Å². The fourth-order valence-electron chi connectivity index (χ4n) is 3.31. The van der Waals surface area contributed by atoms with E-state index >= 15 is 0 Å². The van der Waals surface area contributed by atoms with Gasteiger partial charge in [0.2, 0.25) is 0 Å². The predicted molar refractivity (Wildman–Crippen MR) is 47.0 cm³/mol. The molecule has 3 aliphatic rings. The maximum absolute atomic E-state index is 5.91. The van der Waals surface area contributed by atoms with Gasteiger partial charge < -0.3 is 9.64 Å². The minimum Gasteiger partial charge on any atom is -0.374 e. The van der Waals surface area contributed by atoms with Crippen molar-refractivity contribution >= 4 is 0 Å². The number of nitrogens with zero attached hydrogens (tertiary/aromatic N) is 1. The first kappa shape index (κ1) is 7.34. The van der Waals surface area contributed by atoms with E-state index in [2.05, 4.69) is 11.8 Å². The lowest BCUT2D eigenvalue weighted by Crippen LogP contribution is -2.24. The molecule has 3 heterocycles. The summed E-state index contributed by atoms with van der Waals surface area (Å²) >= 11 is 0. The molecular formula is C10H17NO. The molecule has 0 aromatic carbocycles. The van der Waals surface area contributed by atoms with E-state index in [4.69, 9.17) is 4.74 Å². The second-order valence-electron chi connectivity index (χ2n) is 4.47. The number of fused-ring (bicyclic) bond motifs is 5. The molecule has 3 rings (SSSR count). The van der Waals surface area contributed by atoms with E-state index in [0.717, 1.165) is 11.8 Å². The molecule has 0 aliphatic carbocycles. The number of likely N-dealkylation sites (tertiary alicyclic amines) is 1. The maximum Gasteiger partial charge on any atom is 0.0624 e. The molecule has 0 radical (unpaired) electrons. The van der Waals surface area contributed by atoms with Gasteiger partial charge in [-0.2, -0.15) is 0 Å². The zero-order valence-electron chi connectivity index (χ0n) is 7.70. The number of hydrogen-bond donors (Lipinski definition) is 0. The Kier molecular flexibility index (Phi) is 1.50. The quantitative estimate of drug-likeness (QED) is 0.580. The zero-order chi connectivity index (χ0) is 8.13. The van der Waals surface area contributed by atoms with Gasteiger partial charge >= 0.3 is 0 Å². The summed E-state index contributed by atoms with van der Waals surface area (Å²) in [5, 5.41) is 0. The van der Waals surface area contributed by atoms with Crippen molar-refractivity contribution in [3.63, 3.8) is 0 Å². The maximum atomic E-state index is 5.91. The fourth-order valence-corrected chi connectivity index (χ4v) is 3.31. The van der Waals surface area contributed by atoms with E-state index < -0.39 is 0 Å². The molecule has 2 bridgehead atoms. The normalized spacial score (nSPS) is 51.8. The third-order valence-electron chi connectivity index (χ3n) is 3.98. The van der Waals surface area contributed by atoms with Crippen LogP contribution in [0.15, 0.2) is 0 Å². The van der Waals surface area contributed by atoms with Gasteiger partial charge in [0.15, 0.2) is 0 Å². The summed E-state index contributed by atoms with van der Waals surface area (Å²) in [7, 11) is 0. The third-order valence-corrected chi connectivity index (χ3v) is 3.98. The molecule has 4 atom stereocenters. The standard InChI is InChI=1S/C10H17NO/c1-2-11-5-7-8(6-11)10-4-3-9(7)12-10/h7-10H,2-6H2,1H3. The molecule has 0 spiro atoms. The van der Waals surface area contributed by atoms with E-state index in [1.165, 1.54) is 32.5 Å². The second kappa shape index (κ2) is 2.46. The van der Waals surface area contributed by atoms with E-state index in [-0.39, 0.29) is 0 Å². The monoisotopic (exact) mass is 167 g/mol. The summed E-state index contributed by atoms with van der Waals surface area (Å²) in [4.78, 5) is 2.59. The first-order chi connectivity index (χ1) is 5.88. The minimum atomic E-state index is 0.636. The van der Waals surface area contributed by atoms with Crippen molar-refractivity contribution in [3.8, 4) is 0 Å². The predicted octanol–water partition coefficient (Wildman–Crippen LogP) is 1.12. The highest BCUT2D eigenvalue weighted by Crippen LogP contribution is 2.46. The van der Waals surface area contributed by atoms with Gasteiger partial charge in [-0.05, 0) is 19.4 Å². The molecule has 0 amide bonds. The van der Waals surface area contributed by atoms with Gasteiger partial charge in [-0.25, -0.2) is 0 Å². The molecule has 4 unspecified atom stereocenters. The minimum absolute atomic E-state index is 0.636. The first-order valence-corrected chi connectivity index (χ1v) is 5.26. The Morgan fingerprint density at radius 2 is 1.75 bits per heavy atom. The van der Waals surface area contributed by atoms with Crippen molar-refractivity contribution in [2.75, 3.05) is 19.6 Å². The van der Waals surface area contributed by atoms with E-state index in [1.54, 1.807) is 0 Å². The van der Waals surface area contributed by atoms with E-state index in [9.17, 15) is 0 Å². The lowest BCUT2D eigenvalue weighted by Gasteiger charge is -2.18.